The zero-order chi connectivity index (χ0) is 20.9. The normalized spacial score (nSPS) is 23.9. The minimum absolute atomic E-state index is 0.0286. The van der Waals surface area contributed by atoms with Crippen LogP contribution in [0.5, 0.6) is 0 Å². The molecule has 4 heterocycles. The van der Waals surface area contributed by atoms with E-state index in [1.54, 1.807) is 4.68 Å². The first-order chi connectivity index (χ1) is 13.7. The second-order valence-corrected chi connectivity index (χ2v) is 9.08. The molecule has 0 bridgehead atoms. The first-order valence-electron chi connectivity index (χ1n) is 10.2. The molecule has 2 saturated heterocycles. The molecular weight excluding hydrogens is 366 g/mol. The van der Waals surface area contributed by atoms with Gasteiger partial charge >= 0.3 is 0 Å². The minimum Gasteiger partial charge on any atom is -0.354 e. The maximum atomic E-state index is 13.1. The molecular formula is C21H31N7O. The summed E-state index contributed by atoms with van der Waals surface area (Å²) in [6.45, 7) is 10.2. The summed E-state index contributed by atoms with van der Waals surface area (Å²) in [7, 11) is 6.10. The number of carbonyl (C=O) groups excluding carboxylic acids is 1. The Hall–Kier alpha value is -2.48. The van der Waals surface area contributed by atoms with Gasteiger partial charge in [0.2, 0.25) is 0 Å². The molecule has 8 nitrogen and oxygen atoms in total. The maximum absolute atomic E-state index is 13.1. The van der Waals surface area contributed by atoms with E-state index >= 15 is 0 Å². The fourth-order valence-corrected chi connectivity index (χ4v) is 5.00. The Morgan fingerprint density at radius 2 is 2.00 bits per heavy atom. The van der Waals surface area contributed by atoms with E-state index in [9.17, 15) is 4.79 Å². The number of likely N-dealkylation sites (tertiary alicyclic amines) is 1. The van der Waals surface area contributed by atoms with Gasteiger partial charge in [0.1, 0.15) is 5.82 Å². The summed E-state index contributed by atoms with van der Waals surface area (Å²) in [5.41, 5.74) is 3.47. The number of amides is 1. The highest BCUT2D eigenvalue weighted by Gasteiger charge is 2.54. The number of carbonyl (C=O) groups is 1. The summed E-state index contributed by atoms with van der Waals surface area (Å²) >= 11 is 0. The third kappa shape index (κ3) is 3.50. The first kappa shape index (κ1) is 19.8. The molecule has 0 radical (unpaired) electrons. The molecule has 0 saturated carbocycles. The van der Waals surface area contributed by atoms with Crippen LogP contribution in [0.4, 0.5) is 5.82 Å². The number of rotatable bonds is 4. The van der Waals surface area contributed by atoms with Gasteiger partial charge in [-0.15, -0.1) is 0 Å². The average Bonchev–Trinajstić information content (AvgIpc) is 3.26. The molecule has 2 fully saturated rings. The van der Waals surface area contributed by atoms with Gasteiger partial charge in [0, 0.05) is 63.0 Å². The fourth-order valence-electron chi connectivity index (χ4n) is 5.00. The fraction of sp³-hybridized carbons (Fsp3) is 0.619. The topological polar surface area (TPSA) is 70.4 Å². The molecule has 0 N–H and O–H groups in total. The van der Waals surface area contributed by atoms with Crippen molar-refractivity contribution < 1.29 is 4.79 Å². The lowest BCUT2D eigenvalue weighted by atomic mass is 9.80. The van der Waals surface area contributed by atoms with Gasteiger partial charge in [-0.05, 0) is 40.9 Å². The van der Waals surface area contributed by atoms with Gasteiger partial charge in [-0.1, -0.05) is 0 Å². The van der Waals surface area contributed by atoms with Crippen LogP contribution >= 0.6 is 0 Å². The highest BCUT2D eigenvalue weighted by atomic mass is 16.2. The standard InChI is InChI=1S/C21H31N7O/c1-14-8-22-16(3)19(23-14)27-9-17-10-28(13-21(17,12-27)11-25(4)5)20(29)18-7-15(2)26(6)24-18/h7-8,17H,9-13H2,1-6H3. The average molecular weight is 398 g/mol. The van der Waals surface area contributed by atoms with Gasteiger partial charge in [-0.2, -0.15) is 5.10 Å². The second kappa shape index (κ2) is 7.09. The lowest BCUT2D eigenvalue weighted by Crippen LogP contribution is -2.43. The zero-order valence-corrected chi connectivity index (χ0v) is 18.3. The van der Waals surface area contributed by atoms with Gasteiger partial charge in [0.05, 0.1) is 11.4 Å². The summed E-state index contributed by atoms with van der Waals surface area (Å²) in [6.07, 6.45) is 1.82. The first-order valence-corrected chi connectivity index (χ1v) is 10.2. The van der Waals surface area contributed by atoms with E-state index < -0.39 is 0 Å². The number of aryl methyl sites for hydroxylation is 4. The molecule has 0 spiro atoms. The van der Waals surface area contributed by atoms with Crippen LogP contribution in [0.1, 0.15) is 27.6 Å². The van der Waals surface area contributed by atoms with Gasteiger partial charge in [-0.25, -0.2) is 4.98 Å². The Morgan fingerprint density at radius 3 is 2.66 bits per heavy atom. The van der Waals surface area contributed by atoms with E-state index in [1.807, 2.05) is 45.0 Å². The maximum Gasteiger partial charge on any atom is 0.274 e. The SMILES string of the molecule is Cc1cnc(C)c(N2CC3CN(C(=O)c4cc(C)n(C)n4)CC3(CN(C)C)C2)n1. The van der Waals surface area contributed by atoms with E-state index in [4.69, 9.17) is 4.98 Å². The van der Waals surface area contributed by atoms with Crippen LogP contribution in [0, 0.1) is 32.1 Å². The lowest BCUT2D eigenvalue weighted by Gasteiger charge is -2.32. The molecule has 8 heteroatoms. The van der Waals surface area contributed by atoms with Crippen LogP contribution in [-0.4, -0.2) is 82.3 Å². The van der Waals surface area contributed by atoms with Crippen LogP contribution in [0.2, 0.25) is 0 Å². The third-order valence-electron chi connectivity index (χ3n) is 6.36. The van der Waals surface area contributed by atoms with Gasteiger partial charge in [-0.3, -0.25) is 14.5 Å². The van der Waals surface area contributed by atoms with Crippen molar-refractivity contribution in [3.63, 3.8) is 0 Å². The van der Waals surface area contributed by atoms with Crippen LogP contribution in [0.25, 0.3) is 0 Å². The summed E-state index contributed by atoms with van der Waals surface area (Å²) in [4.78, 5) is 29.0. The predicted molar refractivity (Wildman–Crippen MR) is 112 cm³/mol. The number of anilines is 1. The Bertz CT molecular complexity index is 918. The van der Waals surface area contributed by atoms with Crippen molar-refractivity contribution in [3.8, 4) is 0 Å². The molecule has 1 amide bonds. The number of aromatic nitrogens is 4. The largest absolute Gasteiger partial charge is 0.354 e. The van der Waals surface area contributed by atoms with Gasteiger partial charge in [0.25, 0.3) is 5.91 Å². The summed E-state index contributed by atoms with van der Waals surface area (Å²) in [5, 5.41) is 4.40. The molecule has 0 aromatic carbocycles. The highest BCUT2D eigenvalue weighted by Crippen LogP contribution is 2.44. The number of nitrogens with zero attached hydrogens (tertiary/aromatic N) is 7. The van der Waals surface area contributed by atoms with Gasteiger partial charge in [0.15, 0.2) is 5.69 Å². The summed E-state index contributed by atoms with van der Waals surface area (Å²) in [5.74, 6) is 1.43. The van der Waals surface area contributed by atoms with Crippen molar-refractivity contribution in [2.24, 2.45) is 18.4 Å². The monoisotopic (exact) mass is 397 g/mol. The number of hydrogen-bond donors (Lipinski definition) is 0. The molecule has 2 aliphatic heterocycles. The Balaban J connectivity index is 1.59. The second-order valence-electron chi connectivity index (χ2n) is 9.08. The van der Waals surface area contributed by atoms with Crippen molar-refractivity contribution >= 4 is 11.7 Å². The molecule has 0 aliphatic carbocycles. The number of hydrogen-bond acceptors (Lipinski definition) is 6. The number of fused-ring (bicyclic) bond motifs is 1. The van der Waals surface area contributed by atoms with Crippen LogP contribution in [0.3, 0.4) is 0 Å². The molecule has 2 aliphatic rings. The molecule has 4 rings (SSSR count). The van der Waals surface area contributed by atoms with Crippen molar-refractivity contribution in [1.82, 2.24) is 29.5 Å². The van der Waals surface area contributed by atoms with E-state index in [-0.39, 0.29) is 11.3 Å². The highest BCUT2D eigenvalue weighted by molar-refractivity contribution is 5.92. The van der Waals surface area contributed by atoms with Crippen molar-refractivity contribution in [1.29, 1.82) is 0 Å². The van der Waals surface area contributed by atoms with E-state index in [0.717, 1.165) is 55.6 Å². The van der Waals surface area contributed by atoms with Crippen molar-refractivity contribution in [2.75, 3.05) is 51.7 Å². The molecule has 2 atom stereocenters. The van der Waals surface area contributed by atoms with Gasteiger partial charge < -0.3 is 14.7 Å². The molecule has 2 aromatic heterocycles. The summed E-state index contributed by atoms with van der Waals surface area (Å²) in [6, 6.07) is 1.88. The summed E-state index contributed by atoms with van der Waals surface area (Å²) < 4.78 is 1.76. The van der Waals surface area contributed by atoms with E-state index in [2.05, 4.69) is 34.0 Å². The lowest BCUT2D eigenvalue weighted by molar-refractivity contribution is 0.0759. The van der Waals surface area contributed by atoms with Crippen molar-refractivity contribution in [2.45, 2.75) is 20.8 Å². The Labute approximate surface area is 172 Å². The quantitative estimate of drug-likeness (QED) is 0.774. The predicted octanol–water partition coefficient (Wildman–Crippen LogP) is 1.28. The molecule has 2 unspecified atom stereocenters. The van der Waals surface area contributed by atoms with Crippen LogP contribution < -0.4 is 4.90 Å². The van der Waals surface area contributed by atoms with Crippen LogP contribution in [0.15, 0.2) is 12.3 Å². The zero-order valence-electron chi connectivity index (χ0n) is 18.3. The van der Waals surface area contributed by atoms with Crippen molar-refractivity contribution in [3.05, 3.63) is 35.0 Å². The van der Waals surface area contributed by atoms with E-state index in [1.165, 1.54) is 0 Å². The third-order valence-corrected chi connectivity index (χ3v) is 6.36. The minimum atomic E-state index is 0.0286. The Kier molecular flexibility index (Phi) is 4.85. The Morgan fingerprint density at radius 1 is 1.24 bits per heavy atom. The van der Waals surface area contributed by atoms with Crippen LogP contribution in [-0.2, 0) is 7.05 Å². The van der Waals surface area contributed by atoms with E-state index in [0.29, 0.717) is 11.6 Å². The smallest absolute Gasteiger partial charge is 0.274 e. The molecule has 156 valence electrons. The molecule has 29 heavy (non-hydrogen) atoms. The molecule has 2 aromatic rings.